The number of rotatable bonds is 7. The summed E-state index contributed by atoms with van der Waals surface area (Å²) in [5, 5.41) is 6.30. The molecule has 4 rings (SSSR count). The van der Waals surface area contributed by atoms with Gasteiger partial charge in [0.1, 0.15) is 0 Å². The molecule has 1 saturated heterocycles. The van der Waals surface area contributed by atoms with Crippen LogP contribution in [-0.2, 0) is 11.3 Å². The first-order chi connectivity index (χ1) is 15.5. The van der Waals surface area contributed by atoms with Gasteiger partial charge in [0.2, 0.25) is 5.91 Å². The fraction of sp³-hybridized carbons (Fsp3) is 0.440. The number of benzene rings is 2. The molecule has 0 unspecified atom stereocenters. The van der Waals surface area contributed by atoms with Gasteiger partial charge < -0.3 is 14.4 Å². The highest BCUT2D eigenvalue weighted by Crippen LogP contribution is 2.31. The van der Waals surface area contributed by atoms with Crippen LogP contribution >= 0.6 is 11.8 Å². The van der Waals surface area contributed by atoms with Crippen molar-refractivity contribution >= 4 is 29.1 Å². The number of thioether (sulfide) groups is 1. The van der Waals surface area contributed by atoms with Crippen LogP contribution in [0.15, 0.2) is 47.6 Å². The number of hydrogen-bond donors (Lipinski definition) is 0. The van der Waals surface area contributed by atoms with Crippen LogP contribution in [0.3, 0.4) is 0 Å². The molecule has 0 radical (unpaired) electrons. The largest absolute Gasteiger partial charge is 0.493 e. The zero-order chi connectivity index (χ0) is 22.5. The summed E-state index contributed by atoms with van der Waals surface area (Å²) in [5.41, 5.74) is 4.18. The Labute approximate surface area is 194 Å². The van der Waals surface area contributed by atoms with Gasteiger partial charge in [0, 0.05) is 48.7 Å². The summed E-state index contributed by atoms with van der Waals surface area (Å²) in [6.45, 7) is 6.63. The van der Waals surface area contributed by atoms with Crippen molar-refractivity contribution < 1.29 is 14.3 Å². The number of carbonyl (C=O) groups excluding carboxylic acids is 1. The lowest BCUT2D eigenvalue weighted by molar-refractivity contribution is -0.132. The zero-order valence-electron chi connectivity index (χ0n) is 19.0. The van der Waals surface area contributed by atoms with E-state index >= 15 is 0 Å². The highest BCUT2D eigenvalue weighted by molar-refractivity contribution is 7.99. The Bertz CT molecular complexity index is 969. The lowest BCUT2D eigenvalue weighted by Crippen LogP contribution is -2.32. The van der Waals surface area contributed by atoms with Crippen molar-refractivity contribution in [3.05, 3.63) is 53.6 Å². The molecule has 2 aliphatic rings. The minimum Gasteiger partial charge on any atom is -0.493 e. The molecule has 0 aromatic heterocycles. The summed E-state index contributed by atoms with van der Waals surface area (Å²) in [5.74, 6) is 3.79. The molecule has 0 spiro atoms. The first kappa shape index (κ1) is 22.5. The average molecular weight is 454 g/mol. The molecule has 0 saturated carbocycles. The van der Waals surface area contributed by atoms with Gasteiger partial charge in [-0.2, -0.15) is 16.9 Å². The number of anilines is 1. The lowest BCUT2D eigenvalue weighted by Gasteiger charge is -2.29. The van der Waals surface area contributed by atoms with Crippen molar-refractivity contribution in [3.8, 4) is 11.5 Å². The Morgan fingerprint density at radius 2 is 1.78 bits per heavy atom. The number of nitrogens with zero attached hydrogens (tertiary/aromatic N) is 3. The van der Waals surface area contributed by atoms with Gasteiger partial charge in [-0.05, 0) is 49.7 Å². The number of hydrogen-bond acceptors (Lipinski definition) is 6. The highest BCUT2D eigenvalue weighted by Gasteiger charge is 2.23. The van der Waals surface area contributed by atoms with Gasteiger partial charge in [0.05, 0.1) is 25.5 Å². The summed E-state index contributed by atoms with van der Waals surface area (Å²) < 4.78 is 11.3. The van der Waals surface area contributed by atoms with Gasteiger partial charge in [-0.25, -0.2) is 5.01 Å². The predicted molar refractivity (Wildman–Crippen MR) is 131 cm³/mol. The van der Waals surface area contributed by atoms with E-state index in [4.69, 9.17) is 14.6 Å². The molecule has 0 aliphatic carbocycles. The summed E-state index contributed by atoms with van der Waals surface area (Å²) in [6, 6.07) is 14.4. The Morgan fingerprint density at radius 1 is 1.03 bits per heavy atom. The summed E-state index contributed by atoms with van der Waals surface area (Å²) >= 11 is 2.01. The highest BCUT2D eigenvalue weighted by atomic mass is 32.2. The molecule has 170 valence electrons. The topological polar surface area (TPSA) is 54.4 Å². The number of carbonyl (C=O) groups is 1. The Hall–Kier alpha value is -2.67. The van der Waals surface area contributed by atoms with Gasteiger partial charge in [0.15, 0.2) is 11.5 Å². The van der Waals surface area contributed by atoms with Crippen LogP contribution in [0, 0.1) is 0 Å². The number of methoxy groups -OCH3 is 1. The summed E-state index contributed by atoms with van der Waals surface area (Å²) in [4.78, 5) is 15.0. The van der Waals surface area contributed by atoms with E-state index in [1.807, 2.05) is 43.8 Å². The molecule has 7 heteroatoms. The number of amides is 1. The molecule has 0 atom stereocenters. The van der Waals surface area contributed by atoms with Crippen LogP contribution in [0.5, 0.6) is 11.5 Å². The Morgan fingerprint density at radius 3 is 2.47 bits per heavy atom. The van der Waals surface area contributed by atoms with Crippen molar-refractivity contribution in [2.24, 2.45) is 5.10 Å². The minimum atomic E-state index is 0.0391. The van der Waals surface area contributed by atoms with Crippen LogP contribution in [0.2, 0.25) is 0 Å². The van der Waals surface area contributed by atoms with Crippen LogP contribution < -0.4 is 14.4 Å². The second-order valence-electron chi connectivity index (χ2n) is 8.30. The third-order valence-electron chi connectivity index (χ3n) is 5.61. The fourth-order valence-corrected chi connectivity index (χ4v) is 4.84. The summed E-state index contributed by atoms with van der Waals surface area (Å²) in [6.07, 6.45) is 1.11. The van der Waals surface area contributed by atoms with E-state index < -0.39 is 0 Å². The molecule has 2 aromatic carbocycles. The summed E-state index contributed by atoms with van der Waals surface area (Å²) in [7, 11) is 1.64. The van der Waals surface area contributed by atoms with Crippen molar-refractivity contribution in [3.63, 3.8) is 0 Å². The molecular weight excluding hydrogens is 422 g/mol. The molecule has 2 aromatic rings. The van der Waals surface area contributed by atoms with Gasteiger partial charge in [-0.3, -0.25) is 4.79 Å². The molecule has 6 nitrogen and oxygen atoms in total. The van der Waals surface area contributed by atoms with Crippen molar-refractivity contribution in [2.45, 2.75) is 39.3 Å². The third-order valence-corrected chi connectivity index (χ3v) is 6.55. The van der Waals surface area contributed by atoms with E-state index in [0.29, 0.717) is 30.9 Å². The molecule has 0 N–H and O–H groups in total. The minimum absolute atomic E-state index is 0.0391. The van der Waals surface area contributed by atoms with Crippen molar-refractivity contribution in [1.29, 1.82) is 0 Å². The zero-order valence-corrected chi connectivity index (χ0v) is 19.9. The fourth-order valence-electron chi connectivity index (χ4n) is 3.94. The van der Waals surface area contributed by atoms with Crippen molar-refractivity contribution in [1.82, 2.24) is 5.01 Å². The molecule has 1 fully saturated rings. The van der Waals surface area contributed by atoms with E-state index in [-0.39, 0.29) is 12.0 Å². The molecular formula is C25H31N3O3S. The number of ether oxygens (including phenoxy) is 2. The SMILES string of the molecule is COc1ccc(C2=NN(Cc3ccc(N4CCSCC4)cc3)C(=O)CC2)cc1OC(C)C. The van der Waals surface area contributed by atoms with Crippen molar-refractivity contribution in [2.75, 3.05) is 36.6 Å². The van der Waals surface area contributed by atoms with Gasteiger partial charge in [-0.15, -0.1) is 0 Å². The first-order valence-electron chi connectivity index (χ1n) is 11.2. The average Bonchev–Trinajstić information content (AvgIpc) is 2.81. The molecule has 32 heavy (non-hydrogen) atoms. The second kappa shape index (κ2) is 10.3. The number of hydrazone groups is 1. The lowest BCUT2D eigenvalue weighted by atomic mass is 10.0. The van der Waals surface area contributed by atoms with Gasteiger partial charge >= 0.3 is 0 Å². The first-order valence-corrected chi connectivity index (χ1v) is 12.3. The van der Waals surface area contributed by atoms with E-state index in [1.54, 1.807) is 12.1 Å². The van der Waals surface area contributed by atoms with E-state index in [1.165, 1.54) is 17.2 Å². The Kier molecular flexibility index (Phi) is 7.25. The maximum absolute atomic E-state index is 12.6. The van der Waals surface area contributed by atoms with Crippen LogP contribution in [-0.4, -0.2) is 54.4 Å². The molecule has 1 amide bonds. The quantitative estimate of drug-likeness (QED) is 0.615. The normalized spacial score (nSPS) is 16.9. The monoisotopic (exact) mass is 453 g/mol. The standard InChI is InChI=1S/C25H31N3O3S/c1-18(2)31-24-16-20(6-10-23(24)30-3)22-9-11-25(29)28(26-22)17-19-4-7-21(8-5-19)27-12-14-32-15-13-27/h4-8,10,16,18H,9,11-15,17H2,1-3H3. The smallest absolute Gasteiger partial charge is 0.243 e. The van der Waals surface area contributed by atoms with Gasteiger partial charge in [0.25, 0.3) is 0 Å². The molecule has 2 heterocycles. The molecule has 0 bridgehead atoms. The maximum Gasteiger partial charge on any atom is 0.243 e. The van der Waals surface area contributed by atoms with E-state index in [2.05, 4.69) is 29.2 Å². The Balaban J connectivity index is 1.50. The van der Waals surface area contributed by atoms with Crippen LogP contribution in [0.4, 0.5) is 5.69 Å². The molecule has 2 aliphatic heterocycles. The predicted octanol–water partition coefficient (Wildman–Crippen LogP) is 4.56. The van der Waals surface area contributed by atoms with Crippen LogP contribution in [0.25, 0.3) is 0 Å². The third kappa shape index (κ3) is 5.38. The van der Waals surface area contributed by atoms with Crippen LogP contribution in [0.1, 0.15) is 37.8 Å². The van der Waals surface area contributed by atoms with E-state index in [0.717, 1.165) is 29.9 Å². The van der Waals surface area contributed by atoms with E-state index in [9.17, 15) is 4.79 Å². The van der Waals surface area contributed by atoms with Gasteiger partial charge in [-0.1, -0.05) is 12.1 Å². The second-order valence-corrected chi connectivity index (χ2v) is 9.52. The maximum atomic E-state index is 12.6.